The van der Waals surface area contributed by atoms with Crippen molar-refractivity contribution >= 4 is 35.6 Å². The van der Waals surface area contributed by atoms with Crippen LogP contribution in [0.1, 0.15) is 91.9 Å². The number of rotatable bonds is 13. The van der Waals surface area contributed by atoms with E-state index in [0.29, 0.717) is 46.2 Å². The standard InChI is InChI=1S/C31H33ClN2O5.C15H16N2O5/c1-4-37-30(35)28-25(17-32)33-31(36)34-29(28)24-15-23(20(2)3)26(38-18-21-11-7-5-8-12-21)16-27(24)39-19-22-13-9-6-10-14-22;1-6(2)7-3-8(11(19)4-10(7)18)13-12-9(5-22-14(12)20)16-15(21)17-13/h5-16,20,29H,4,17-19H2,1-3H3,(H2,33,34,36);3-4,6,13,18-19H,5H2,1-2H3,(H2,16,17,21). The van der Waals surface area contributed by atoms with Gasteiger partial charge in [0.1, 0.15) is 42.8 Å². The van der Waals surface area contributed by atoms with Crippen molar-refractivity contribution in [2.24, 2.45) is 0 Å². The average Bonchev–Trinajstić information content (AvgIpc) is 3.61. The summed E-state index contributed by atoms with van der Waals surface area (Å²) in [5.74, 6) is -0.137. The second kappa shape index (κ2) is 19.6. The Morgan fingerprint density at radius 1 is 0.754 bits per heavy atom. The van der Waals surface area contributed by atoms with E-state index in [4.69, 9.17) is 30.5 Å². The number of carbonyl (C=O) groups excluding carboxylic acids is 4. The van der Waals surface area contributed by atoms with Crippen LogP contribution in [0.4, 0.5) is 9.59 Å². The Morgan fingerprint density at radius 2 is 1.33 bits per heavy atom. The van der Waals surface area contributed by atoms with Gasteiger partial charge in [-0.15, -0.1) is 11.6 Å². The van der Waals surface area contributed by atoms with Gasteiger partial charge in [0.25, 0.3) is 0 Å². The third-order valence-electron chi connectivity index (χ3n) is 10.2. The quantitative estimate of drug-likeness (QED) is 0.0572. The molecule has 0 aromatic heterocycles. The number of urea groups is 2. The summed E-state index contributed by atoms with van der Waals surface area (Å²) >= 11 is 6.17. The highest BCUT2D eigenvalue weighted by Crippen LogP contribution is 2.42. The molecule has 61 heavy (non-hydrogen) atoms. The number of cyclic esters (lactones) is 1. The maximum absolute atomic E-state index is 13.1. The van der Waals surface area contributed by atoms with Gasteiger partial charge in [-0.3, -0.25) is 0 Å². The highest BCUT2D eigenvalue weighted by Gasteiger charge is 2.40. The number of aromatic hydroxyl groups is 2. The molecule has 0 saturated carbocycles. The number of phenolic OH excluding ortho intramolecular Hbond substituents is 2. The molecular formula is C46H49ClN4O10. The summed E-state index contributed by atoms with van der Waals surface area (Å²) in [5, 5.41) is 30.7. The van der Waals surface area contributed by atoms with Gasteiger partial charge < -0.3 is 50.4 Å². The van der Waals surface area contributed by atoms with Crippen molar-refractivity contribution in [2.45, 2.75) is 71.8 Å². The van der Waals surface area contributed by atoms with Crippen molar-refractivity contribution in [1.29, 1.82) is 0 Å². The lowest BCUT2D eigenvalue weighted by Gasteiger charge is -2.31. The summed E-state index contributed by atoms with van der Waals surface area (Å²) in [6.07, 6.45) is 0. The lowest BCUT2D eigenvalue weighted by atomic mass is 9.90. The van der Waals surface area contributed by atoms with Crippen LogP contribution in [0.3, 0.4) is 0 Å². The highest BCUT2D eigenvalue weighted by molar-refractivity contribution is 6.20. The molecule has 3 heterocycles. The molecule has 0 saturated heterocycles. The molecule has 4 amide bonds. The Labute approximate surface area is 358 Å². The second-order valence-corrected chi connectivity index (χ2v) is 15.3. The summed E-state index contributed by atoms with van der Waals surface area (Å²) in [5.41, 5.74) is 5.72. The van der Waals surface area contributed by atoms with Crippen molar-refractivity contribution in [1.82, 2.24) is 21.3 Å². The molecule has 0 aliphatic carbocycles. The minimum absolute atomic E-state index is 0.00791. The zero-order valence-electron chi connectivity index (χ0n) is 34.5. The van der Waals surface area contributed by atoms with Crippen molar-refractivity contribution in [3.05, 3.63) is 141 Å². The predicted octanol–water partition coefficient (Wildman–Crippen LogP) is 7.76. The summed E-state index contributed by atoms with van der Waals surface area (Å²) in [4.78, 5) is 49.4. The number of halogens is 1. The van der Waals surface area contributed by atoms with Gasteiger partial charge in [0.15, 0.2) is 0 Å². The molecule has 0 fully saturated rings. The minimum Gasteiger partial charge on any atom is -0.508 e. The van der Waals surface area contributed by atoms with Crippen molar-refractivity contribution in [2.75, 3.05) is 19.1 Å². The van der Waals surface area contributed by atoms with E-state index in [1.165, 1.54) is 6.07 Å². The van der Waals surface area contributed by atoms with Crippen molar-refractivity contribution < 1.29 is 48.3 Å². The Bertz CT molecular complexity index is 2350. The van der Waals surface area contributed by atoms with E-state index in [2.05, 4.69) is 35.1 Å². The predicted molar refractivity (Wildman–Crippen MR) is 227 cm³/mol. The van der Waals surface area contributed by atoms with Crippen molar-refractivity contribution in [3.8, 4) is 23.0 Å². The molecule has 15 heteroatoms. The van der Waals surface area contributed by atoms with Gasteiger partial charge in [-0.1, -0.05) is 88.4 Å². The first-order valence-corrected chi connectivity index (χ1v) is 20.4. The van der Waals surface area contributed by atoms with Gasteiger partial charge in [0.05, 0.1) is 41.4 Å². The Morgan fingerprint density at radius 3 is 1.92 bits per heavy atom. The number of benzene rings is 4. The van der Waals surface area contributed by atoms with E-state index >= 15 is 0 Å². The molecule has 4 aromatic rings. The van der Waals surface area contributed by atoms with Crippen LogP contribution in [0.25, 0.3) is 0 Å². The van der Waals surface area contributed by atoms with E-state index in [9.17, 15) is 29.4 Å². The molecule has 4 aromatic carbocycles. The monoisotopic (exact) mass is 852 g/mol. The highest BCUT2D eigenvalue weighted by atomic mass is 35.5. The molecule has 7 rings (SSSR count). The molecule has 2 atom stereocenters. The fourth-order valence-electron chi connectivity index (χ4n) is 7.13. The minimum atomic E-state index is -0.835. The fraction of sp³-hybridized carbons (Fsp3) is 0.304. The number of allylic oxidation sites excluding steroid dienone is 1. The summed E-state index contributed by atoms with van der Waals surface area (Å²) < 4.78 is 22.9. The number of ether oxygens (including phenoxy) is 4. The Balaban J connectivity index is 0.000000238. The first kappa shape index (κ1) is 43.9. The Hall–Kier alpha value is -6.67. The topological polar surface area (TPSA) is 194 Å². The van der Waals surface area contributed by atoms with Gasteiger partial charge in [0, 0.05) is 29.0 Å². The number of nitrogens with one attached hydrogen (secondary N) is 4. The molecule has 0 spiro atoms. The fourth-order valence-corrected chi connectivity index (χ4v) is 7.34. The Kier molecular flexibility index (Phi) is 14.1. The van der Waals surface area contributed by atoms with Gasteiger partial charge in [-0.05, 0) is 53.1 Å². The van der Waals surface area contributed by atoms with Crippen LogP contribution >= 0.6 is 11.6 Å². The van der Waals surface area contributed by atoms with Gasteiger partial charge in [-0.25, -0.2) is 19.2 Å². The zero-order valence-corrected chi connectivity index (χ0v) is 35.2. The largest absolute Gasteiger partial charge is 0.508 e. The number of amides is 4. The molecule has 14 nitrogen and oxygen atoms in total. The number of carbonyl (C=O) groups is 4. The van der Waals surface area contributed by atoms with E-state index < -0.39 is 36.1 Å². The summed E-state index contributed by atoms with van der Waals surface area (Å²) in [6.45, 7) is 10.5. The van der Waals surface area contributed by atoms with Gasteiger partial charge in [-0.2, -0.15) is 0 Å². The summed E-state index contributed by atoms with van der Waals surface area (Å²) in [6, 6.07) is 23.7. The van der Waals surface area contributed by atoms with Gasteiger partial charge in [0.2, 0.25) is 0 Å². The molecule has 2 unspecified atom stereocenters. The first-order chi connectivity index (χ1) is 29.3. The van der Waals surface area contributed by atoms with E-state index in [1.54, 1.807) is 13.0 Å². The molecule has 0 radical (unpaired) electrons. The van der Waals surface area contributed by atoms with Crippen LogP contribution in [0.15, 0.2) is 107 Å². The SMILES string of the molecule is CC(C)c1cc(C2NC(=O)NC3=C2C(=O)OC3)c(O)cc1O.CCOC(=O)C1=C(CCl)NC(=O)NC1c1cc(C(C)C)c(OCc2ccccc2)cc1OCc1ccccc1. The molecular weight excluding hydrogens is 804 g/mol. The van der Waals surface area contributed by atoms with Crippen LogP contribution in [-0.4, -0.2) is 53.3 Å². The first-order valence-electron chi connectivity index (χ1n) is 19.9. The molecule has 3 aliphatic rings. The van der Waals surface area contributed by atoms with Crippen LogP contribution < -0.4 is 30.7 Å². The smallest absolute Gasteiger partial charge is 0.338 e. The van der Waals surface area contributed by atoms with E-state index in [1.807, 2.05) is 86.6 Å². The van der Waals surface area contributed by atoms with Gasteiger partial charge >= 0.3 is 24.0 Å². The van der Waals surface area contributed by atoms with E-state index in [0.717, 1.165) is 16.7 Å². The number of alkyl halides is 1. The maximum atomic E-state index is 13.1. The van der Waals surface area contributed by atoms with Crippen LogP contribution in [-0.2, 0) is 32.3 Å². The second-order valence-electron chi connectivity index (χ2n) is 15.0. The number of phenols is 2. The normalized spacial score (nSPS) is 17.0. The van der Waals surface area contributed by atoms with E-state index in [-0.39, 0.29) is 60.2 Å². The van der Waals surface area contributed by atoms with Crippen molar-refractivity contribution in [3.63, 3.8) is 0 Å². The molecule has 3 aliphatic heterocycles. The maximum Gasteiger partial charge on any atom is 0.338 e. The summed E-state index contributed by atoms with van der Waals surface area (Å²) in [7, 11) is 0. The third-order valence-corrected chi connectivity index (χ3v) is 10.4. The lowest BCUT2D eigenvalue weighted by molar-refractivity contribution is -0.139. The molecule has 0 bridgehead atoms. The van der Waals surface area contributed by atoms with Crippen LogP contribution in [0, 0.1) is 0 Å². The zero-order chi connectivity index (χ0) is 43.8. The third kappa shape index (κ3) is 10.2. The number of hydrogen-bond donors (Lipinski definition) is 6. The molecule has 320 valence electrons. The number of esters is 2. The lowest BCUT2D eigenvalue weighted by Crippen LogP contribution is -2.46. The van der Waals surface area contributed by atoms with Crippen LogP contribution in [0.5, 0.6) is 23.0 Å². The number of hydrogen-bond acceptors (Lipinski definition) is 10. The van der Waals surface area contributed by atoms with Crippen LogP contribution in [0.2, 0.25) is 0 Å². The molecule has 6 N–H and O–H groups in total. The average molecular weight is 853 g/mol.